The van der Waals surface area contributed by atoms with Gasteiger partial charge in [-0.15, -0.1) is 0 Å². The molecule has 0 aromatic carbocycles. The first-order chi connectivity index (χ1) is 0. The molecule has 0 bridgehead atoms. The molecule has 0 saturated heterocycles. The van der Waals surface area contributed by atoms with Crippen molar-refractivity contribution in [1.29, 1.82) is 0 Å². The van der Waals surface area contributed by atoms with Crippen molar-refractivity contribution < 1.29 is 9.41 Å². The van der Waals surface area contributed by atoms with Crippen LogP contribution in [-0.4, -0.2) is 75.5 Å². The van der Waals surface area contributed by atoms with Crippen LogP contribution in [0.5, 0.6) is 0 Å². The van der Waals surface area contributed by atoms with E-state index < -0.39 is 0 Å². The fourth-order valence-electron chi connectivity index (χ4n) is 0. The first-order valence-electron chi connectivity index (χ1n) is 0. The molecule has 0 aromatic rings. The molecular formula is H6Ca2F2. The van der Waals surface area contributed by atoms with Gasteiger partial charge in [0.05, 0.1) is 0 Å². The van der Waals surface area contributed by atoms with Gasteiger partial charge in [-0.2, -0.15) is 0 Å². The van der Waals surface area contributed by atoms with Gasteiger partial charge in [0.2, 0.25) is 0 Å². The van der Waals surface area contributed by atoms with E-state index in [1.807, 2.05) is 0 Å². The SMILES string of the molecule is F.F.[CaH2].[CaH2]. The van der Waals surface area contributed by atoms with Crippen molar-refractivity contribution in [1.82, 2.24) is 0 Å². The molecule has 0 atom stereocenters. The summed E-state index contributed by atoms with van der Waals surface area (Å²) in [7, 11) is 0. The summed E-state index contributed by atoms with van der Waals surface area (Å²) in [6.07, 6.45) is 0. The molecule has 0 N–H and O–H groups in total. The molecule has 0 aliphatic heterocycles. The standard InChI is InChI=1S/2Ca.2FH.4H/h;;2*1H;;;;. The van der Waals surface area contributed by atoms with Crippen molar-refractivity contribution in [2.75, 3.05) is 0 Å². The van der Waals surface area contributed by atoms with Gasteiger partial charge in [-0.1, -0.05) is 0 Å². The molecule has 0 saturated carbocycles. The van der Waals surface area contributed by atoms with Gasteiger partial charge in [0.1, 0.15) is 0 Å². The molecule has 0 nitrogen and oxygen atoms in total. The molecular weight excluding hydrogens is 118 g/mol. The Labute approximate surface area is 83.1 Å². The Morgan fingerprint density at radius 2 is 0.500 bits per heavy atom. The molecule has 0 radical (unpaired) electrons. The van der Waals surface area contributed by atoms with Crippen molar-refractivity contribution in [3.05, 3.63) is 0 Å². The molecule has 24 valence electrons. The average molecular weight is 124 g/mol. The third kappa shape index (κ3) is 8.83. The van der Waals surface area contributed by atoms with E-state index in [9.17, 15) is 0 Å². The van der Waals surface area contributed by atoms with Crippen LogP contribution in [0.2, 0.25) is 0 Å². The Morgan fingerprint density at radius 1 is 0.500 bits per heavy atom. The van der Waals surface area contributed by atoms with Crippen molar-refractivity contribution in [2.45, 2.75) is 0 Å². The average Bonchev–Trinajstić information content (AvgIpc) is 0. The molecule has 0 aliphatic carbocycles. The van der Waals surface area contributed by atoms with Gasteiger partial charge in [0.25, 0.3) is 0 Å². The summed E-state index contributed by atoms with van der Waals surface area (Å²) in [5.41, 5.74) is 0. The topological polar surface area (TPSA) is 0 Å². The van der Waals surface area contributed by atoms with Crippen molar-refractivity contribution in [3.8, 4) is 0 Å². The van der Waals surface area contributed by atoms with Crippen LogP contribution in [0.1, 0.15) is 0 Å². The van der Waals surface area contributed by atoms with Gasteiger partial charge in [-0.25, -0.2) is 0 Å². The van der Waals surface area contributed by atoms with Crippen LogP contribution in [-0.2, 0) is 0 Å². The van der Waals surface area contributed by atoms with Crippen LogP contribution >= 0.6 is 0 Å². The van der Waals surface area contributed by atoms with Crippen LogP contribution in [0.15, 0.2) is 0 Å². The van der Waals surface area contributed by atoms with E-state index in [0.29, 0.717) is 0 Å². The zero-order chi connectivity index (χ0) is 0. The third-order valence-corrected chi connectivity index (χ3v) is 0. The normalized spacial score (nSPS) is 0. The molecule has 0 rings (SSSR count). The van der Waals surface area contributed by atoms with Gasteiger partial charge >= 0.3 is 75.5 Å². The van der Waals surface area contributed by atoms with Crippen LogP contribution < -0.4 is 0 Å². The van der Waals surface area contributed by atoms with Gasteiger partial charge in [-0.05, 0) is 0 Å². The maximum atomic E-state index is 0. The van der Waals surface area contributed by atoms with E-state index in [1.165, 1.54) is 0 Å². The van der Waals surface area contributed by atoms with Gasteiger partial charge < -0.3 is 0 Å². The fourth-order valence-corrected chi connectivity index (χ4v) is 0. The second-order valence-corrected chi connectivity index (χ2v) is 0. The summed E-state index contributed by atoms with van der Waals surface area (Å²) in [6, 6.07) is 0. The second-order valence-electron chi connectivity index (χ2n) is 0. The molecule has 4 heteroatoms. The number of rotatable bonds is 0. The summed E-state index contributed by atoms with van der Waals surface area (Å²) in [5.74, 6) is 0. The molecule has 0 spiro atoms. The first-order valence-corrected chi connectivity index (χ1v) is 0. The van der Waals surface area contributed by atoms with Gasteiger partial charge in [0, 0.05) is 0 Å². The Kier molecular flexibility index (Phi) is 149. The Morgan fingerprint density at radius 3 is 0.500 bits per heavy atom. The Balaban J connectivity index is 0. The van der Waals surface area contributed by atoms with E-state index in [0.717, 1.165) is 0 Å². The van der Waals surface area contributed by atoms with Crippen LogP contribution in [0.25, 0.3) is 0 Å². The fraction of sp³-hybridized carbons (Fsp3) is 0. The number of hydrogen-bond acceptors (Lipinski definition) is 0. The Bertz CT molecular complexity index is 4.00. The summed E-state index contributed by atoms with van der Waals surface area (Å²) in [4.78, 5) is 0. The number of hydrogen-bond donors (Lipinski definition) is 0. The van der Waals surface area contributed by atoms with Crippen LogP contribution in [0, 0.1) is 0 Å². The summed E-state index contributed by atoms with van der Waals surface area (Å²) >= 11 is 0. The van der Waals surface area contributed by atoms with E-state index in [1.54, 1.807) is 0 Å². The molecule has 0 aliphatic rings. The van der Waals surface area contributed by atoms with E-state index in [4.69, 9.17) is 0 Å². The van der Waals surface area contributed by atoms with Gasteiger partial charge in [-0.3, -0.25) is 9.41 Å². The summed E-state index contributed by atoms with van der Waals surface area (Å²) in [5, 5.41) is 0. The van der Waals surface area contributed by atoms with E-state index in [2.05, 4.69) is 0 Å². The molecule has 0 fully saturated rings. The monoisotopic (exact) mass is 124 g/mol. The molecule has 0 amide bonds. The first kappa shape index (κ1) is 32.6. The minimum absolute atomic E-state index is 0. The zero-order valence-corrected chi connectivity index (χ0v) is 0.816. The van der Waals surface area contributed by atoms with Crippen molar-refractivity contribution >= 4 is 75.5 Å². The second kappa shape index (κ2) is 18.2. The van der Waals surface area contributed by atoms with Crippen molar-refractivity contribution in [3.63, 3.8) is 0 Å². The summed E-state index contributed by atoms with van der Waals surface area (Å²) in [6.45, 7) is 0. The Hall–Kier alpha value is 2.38. The summed E-state index contributed by atoms with van der Waals surface area (Å²) < 4.78 is 0. The number of halogens is 2. The molecule has 0 unspecified atom stereocenters. The van der Waals surface area contributed by atoms with Crippen LogP contribution in [0.3, 0.4) is 0 Å². The van der Waals surface area contributed by atoms with Crippen LogP contribution in [0.4, 0.5) is 9.41 Å². The molecule has 0 aromatic heterocycles. The van der Waals surface area contributed by atoms with E-state index in [-0.39, 0.29) is 84.9 Å². The minimum atomic E-state index is 0. The molecule has 4 heavy (non-hydrogen) atoms. The van der Waals surface area contributed by atoms with E-state index >= 15 is 0 Å². The quantitative estimate of drug-likeness (QED) is 0.344. The van der Waals surface area contributed by atoms with Gasteiger partial charge in [0.15, 0.2) is 0 Å². The maximum absolute atomic E-state index is 0. The predicted molar refractivity (Wildman–Crippen MR) is 22.1 cm³/mol. The molecule has 0 heterocycles. The van der Waals surface area contributed by atoms with Crippen molar-refractivity contribution in [2.24, 2.45) is 0 Å². The zero-order valence-electron chi connectivity index (χ0n) is 0.816. The third-order valence-electron chi connectivity index (χ3n) is 0. The predicted octanol–water partition coefficient (Wildman–Crippen LogP) is -1.53.